The van der Waals surface area contributed by atoms with E-state index in [4.69, 9.17) is 17.0 Å². The summed E-state index contributed by atoms with van der Waals surface area (Å²) in [5, 5.41) is 4.52. The summed E-state index contributed by atoms with van der Waals surface area (Å²) in [4.78, 5) is 13.5. The van der Waals surface area contributed by atoms with E-state index in [1.165, 1.54) is 11.3 Å². The topological polar surface area (TPSA) is 50.4 Å². The normalized spacial score (nSPS) is 13.4. The van der Waals surface area contributed by atoms with Crippen LogP contribution in [0.4, 0.5) is 32.6 Å². The lowest BCUT2D eigenvalue weighted by Gasteiger charge is -2.13. The lowest BCUT2D eigenvalue weighted by molar-refractivity contribution is 0.0527. The molecule has 0 saturated heterocycles. The van der Waals surface area contributed by atoms with Crippen LogP contribution in [0.3, 0.4) is 0 Å². The largest absolute Gasteiger partial charge is 0.462 e. The number of aryl methyl sites for hydroxylation is 1. The minimum atomic E-state index is -2.26. The number of halogens is 5. The van der Waals surface area contributed by atoms with Crippen LogP contribution in [0.15, 0.2) is 0 Å². The Morgan fingerprint density at radius 2 is 1.57 bits per heavy atom. The number of hydrogen-bond donors (Lipinski definition) is 2. The van der Waals surface area contributed by atoms with E-state index in [2.05, 4.69) is 5.32 Å². The quantitative estimate of drug-likeness (QED) is 0.152. The van der Waals surface area contributed by atoms with Gasteiger partial charge in [-0.3, -0.25) is 0 Å². The van der Waals surface area contributed by atoms with E-state index in [0.29, 0.717) is 11.4 Å². The predicted octanol–water partition coefficient (Wildman–Crippen LogP) is 5.70. The summed E-state index contributed by atoms with van der Waals surface area (Å²) in [5.74, 6) is -11.1. The van der Waals surface area contributed by atoms with Crippen LogP contribution in [0.5, 0.6) is 0 Å². The van der Waals surface area contributed by atoms with Gasteiger partial charge in [-0.05, 0) is 50.4 Å². The lowest BCUT2D eigenvalue weighted by atomic mass is 10.1. The second-order valence-corrected chi connectivity index (χ2v) is 8.03. The number of anilines is 2. The molecule has 30 heavy (non-hydrogen) atoms. The first-order valence-electron chi connectivity index (χ1n) is 9.17. The van der Waals surface area contributed by atoms with Crippen LogP contribution >= 0.6 is 23.6 Å². The van der Waals surface area contributed by atoms with Crippen molar-refractivity contribution in [3.8, 4) is 0 Å². The van der Waals surface area contributed by atoms with Gasteiger partial charge in [0.25, 0.3) is 0 Å². The SMILES string of the molecule is CCOC(=O)c1c(NC(=S)Nc2c(F)c(F)c(F)c(F)c2F)sc2c1CCCCC2. The van der Waals surface area contributed by atoms with Gasteiger partial charge in [-0.25, -0.2) is 26.7 Å². The van der Waals surface area contributed by atoms with Crippen LogP contribution in [-0.2, 0) is 17.6 Å². The first-order chi connectivity index (χ1) is 14.3. The number of benzene rings is 1. The van der Waals surface area contributed by atoms with Crippen molar-refractivity contribution in [1.29, 1.82) is 0 Å². The van der Waals surface area contributed by atoms with Gasteiger partial charge in [-0.15, -0.1) is 11.3 Å². The Labute approximate surface area is 178 Å². The lowest BCUT2D eigenvalue weighted by Crippen LogP contribution is -2.23. The van der Waals surface area contributed by atoms with Crippen molar-refractivity contribution in [2.75, 3.05) is 17.2 Å². The highest BCUT2D eigenvalue weighted by atomic mass is 32.1. The van der Waals surface area contributed by atoms with Crippen molar-refractivity contribution in [2.45, 2.75) is 39.0 Å². The molecule has 0 spiro atoms. The van der Waals surface area contributed by atoms with E-state index >= 15 is 0 Å². The monoisotopic (exact) mass is 464 g/mol. The maximum atomic E-state index is 13.9. The number of esters is 1. The zero-order valence-corrected chi connectivity index (χ0v) is 17.4. The fraction of sp³-hybridized carbons (Fsp3) is 0.368. The number of thiocarbonyl (C=S) groups is 1. The molecule has 1 aromatic heterocycles. The molecule has 0 radical (unpaired) electrons. The number of nitrogens with one attached hydrogen (secondary N) is 2. The van der Waals surface area contributed by atoms with Crippen LogP contribution in [0.25, 0.3) is 0 Å². The molecule has 162 valence electrons. The Morgan fingerprint density at radius 3 is 2.20 bits per heavy atom. The molecule has 0 fully saturated rings. The van der Waals surface area contributed by atoms with Gasteiger partial charge in [0.15, 0.2) is 28.4 Å². The highest BCUT2D eigenvalue weighted by Crippen LogP contribution is 2.38. The number of rotatable bonds is 4. The molecule has 1 aliphatic carbocycles. The van der Waals surface area contributed by atoms with Crippen LogP contribution in [-0.4, -0.2) is 17.7 Å². The molecule has 1 aliphatic rings. The summed E-state index contributed by atoms with van der Waals surface area (Å²) < 4.78 is 72.9. The highest BCUT2D eigenvalue weighted by Gasteiger charge is 2.28. The van der Waals surface area contributed by atoms with Crippen molar-refractivity contribution in [2.24, 2.45) is 0 Å². The molecule has 3 rings (SSSR count). The summed E-state index contributed by atoms with van der Waals surface area (Å²) in [5.41, 5.74) is -0.169. The van der Waals surface area contributed by atoms with Crippen molar-refractivity contribution in [3.05, 3.63) is 45.1 Å². The number of thiophene rings is 1. The van der Waals surface area contributed by atoms with Crippen LogP contribution in [0, 0.1) is 29.1 Å². The third-order valence-electron chi connectivity index (χ3n) is 4.58. The molecule has 1 heterocycles. The van der Waals surface area contributed by atoms with Crippen LogP contribution in [0.1, 0.15) is 47.0 Å². The summed E-state index contributed by atoms with van der Waals surface area (Å²) in [7, 11) is 0. The Hall–Kier alpha value is -2.27. The fourth-order valence-electron chi connectivity index (χ4n) is 3.21. The van der Waals surface area contributed by atoms with Crippen molar-refractivity contribution < 1.29 is 31.5 Å². The maximum absolute atomic E-state index is 13.9. The molecule has 2 N–H and O–H groups in total. The standard InChI is InChI=1S/C19H17F5N2O2S2/c1-2-28-18(27)10-8-6-4-3-5-7-9(8)30-17(10)26-19(29)25-16-14(23)12(21)11(20)13(22)15(16)24/h2-7H2,1H3,(H2,25,26,29). The Kier molecular flexibility index (Phi) is 6.91. The number of ether oxygens (including phenoxy) is 1. The first-order valence-corrected chi connectivity index (χ1v) is 10.4. The molecule has 11 heteroatoms. The summed E-state index contributed by atoms with van der Waals surface area (Å²) in [6, 6.07) is 0. The van der Waals surface area contributed by atoms with Crippen molar-refractivity contribution in [1.82, 2.24) is 0 Å². The smallest absolute Gasteiger partial charge is 0.341 e. The van der Waals surface area contributed by atoms with Crippen LogP contribution < -0.4 is 10.6 Å². The molecular weight excluding hydrogens is 447 g/mol. The molecule has 0 amide bonds. The van der Waals surface area contributed by atoms with Crippen LogP contribution in [0.2, 0.25) is 0 Å². The molecule has 0 bridgehead atoms. The third kappa shape index (κ3) is 4.27. The molecule has 2 aromatic rings. The van der Waals surface area contributed by atoms with E-state index in [1.807, 2.05) is 5.32 Å². The molecule has 0 unspecified atom stereocenters. The second kappa shape index (κ2) is 9.25. The number of fused-ring (bicyclic) bond motifs is 1. The van der Waals surface area contributed by atoms with Crippen molar-refractivity contribution >= 4 is 45.3 Å². The molecule has 0 aliphatic heterocycles. The summed E-state index contributed by atoms with van der Waals surface area (Å²) in [6.07, 6.45) is 4.28. The molecular formula is C19H17F5N2O2S2. The summed E-state index contributed by atoms with van der Waals surface area (Å²) in [6.45, 7) is 1.81. The van der Waals surface area contributed by atoms with E-state index < -0.39 is 45.9 Å². The van der Waals surface area contributed by atoms with Gasteiger partial charge >= 0.3 is 5.97 Å². The Balaban J connectivity index is 1.92. The van der Waals surface area contributed by atoms with Gasteiger partial charge in [-0.1, -0.05) is 6.42 Å². The van der Waals surface area contributed by atoms with Gasteiger partial charge in [-0.2, -0.15) is 0 Å². The highest BCUT2D eigenvalue weighted by molar-refractivity contribution is 7.80. The molecule has 1 aromatic carbocycles. The number of carbonyl (C=O) groups is 1. The average molecular weight is 464 g/mol. The number of hydrogen-bond acceptors (Lipinski definition) is 4. The van der Waals surface area contributed by atoms with Gasteiger partial charge in [0.05, 0.1) is 12.2 Å². The molecule has 0 atom stereocenters. The van der Waals surface area contributed by atoms with Gasteiger partial charge in [0.2, 0.25) is 5.82 Å². The van der Waals surface area contributed by atoms with Gasteiger partial charge in [0.1, 0.15) is 10.7 Å². The van der Waals surface area contributed by atoms with Gasteiger partial charge < -0.3 is 15.4 Å². The molecule has 4 nitrogen and oxygen atoms in total. The van der Waals surface area contributed by atoms with Crippen molar-refractivity contribution in [3.63, 3.8) is 0 Å². The van der Waals surface area contributed by atoms with E-state index in [0.717, 1.165) is 36.1 Å². The average Bonchev–Trinajstić information content (AvgIpc) is 2.88. The predicted molar refractivity (Wildman–Crippen MR) is 108 cm³/mol. The third-order valence-corrected chi connectivity index (χ3v) is 5.99. The Morgan fingerprint density at radius 1 is 0.967 bits per heavy atom. The van der Waals surface area contributed by atoms with Gasteiger partial charge in [0, 0.05) is 4.88 Å². The van der Waals surface area contributed by atoms with E-state index in [1.54, 1.807) is 6.92 Å². The second-order valence-electron chi connectivity index (χ2n) is 6.51. The zero-order chi connectivity index (χ0) is 22.0. The summed E-state index contributed by atoms with van der Waals surface area (Å²) >= 11 is 6.25. The first kappa shape index (κ1) is 22.4. The molecule has 0 saturated carbocycles. The minimum Gasteiger partial charge on any atom is -0.462 e. The Bertz CT molecular complexity index is 981. The maximum Gasteiger partial charge on any atom is 0.341 e. The van der Waals surface area contributed by atoms with E-state index in [-0.39, 0.29) is 12.2 Å². The van der Waals surface area contributed by atoms with E-state index in [9.17, 15) is 26.7 Å². The zero-order valence-electron chi connectivity index (χ0n) is 15.8. The minimum absolute atomic E-state index is 0.149. The number of carbonyl (C=O) groups excluding carboxylic acids is 1. The fourth-order valence-corrected chi connectivity index (χ4v) is 4.76.